The highest BCUT2D eigenvalue weighted by Crippen LogP contribution is 2.36. The lowest BCUT2D eigenvalue weighted by Gasteiger charge is -2.34. The van der Waals surface area contributed by atoms with Gasteiger partial charge in [-0.25, -0.2) is 0 Å². The van der Waals surface area contributed by atoms with E-state index in [0.29, 0.717) is 11.5 Å². The molecule has 19 heavy (non-hydrogen) atoms. The minimum absolute atomic E-state index is 0.00319. The van der Waals surface area contributed by atoms with Gasteiger partial charge in [0.1, 0.15) is 5.78 Å². The molecule has 0 aromatic heterocycles. The van der Waals surface area contributed by atoms with Crippen LogP contribution in [0.15, 0.2) is 30.3 Å². The minimum atomic E-state index is -0.441. The Balaban J connectivity index is 2.26. The topological polar surface area (TPSA) is 34.1 Å². The van der Waals surface area contributed by atoms with E-state index in [0.717, 1.165) is 12.8 Å². The third-order valence-electron chi connectivity index (χ3n) is 4.32. The van der Waals surface area contributed by atoms with E-state index in [-0.39, 0.29) is 23.4 Å². The molecule has 0 aliphatic heterocycles. The summed E-state index contributed by atoms with van der Waals surface area (Å²) in [6, 6.07) is 9.21. The molecule has 0 bridgehead atoms. The summed E-state index contributed by atoms with van der Waals surface area (Å²) in [5, 5.41) is 0. The number of benzene rings is 1. The van der Waals surface area contributed by atoms with E-state index in [9.17, 15) is 9.59 Å². The Bertz CT molecular complexity index is 461. The standard InChI is InChI=1S/C17H22O2/c1-11(2)14-10-9-12(3)15(17(14)19)16(18)13-7-5-4-6-8-13/h4-8,11-12,14-15H,9-10H2,1-3H3/t12-,14+,15-/m1/s1. The number of rotatable bonds is 3. The van der Waals surface area contributed by atoms with Crippen molar-refractivity contribution >= 4 is 11.6 Å². The quantitative estimate of drug-likeness (QED) is 0.611. The average molecular weight is 258 g/mol. The Morgan fingerprint density at radius 3 is 2.37 bits per heavy atom. The molecule has 0 radical (unpaired) electrons. The van der Waals surface area contributed by atoms with Gasteiger partial charge in [0.25, 0.3) is 0 Å². The number of carbonyl (C=O) groups excluding carboxylic acids is 2. The van der Waals surface area contributed by atoms with Crippen molar-refractivity contribution in [1.82, 2.24) is 0 Å². The maximum Gasteiger partial charge on any atom is 0.173 e. The van der Waals surface area contributed by atoms with Crippen LogP contribution in [0.25, 0.3) is 0 Å². The van der Waals surface area contributed by atoms with E-state index in [4.69, 9.17) is 0 Å². The van der Waals surface area contributed by atoms with E-state index in [1.54, 1.807) is 12.1 Å². The van der Waals surface area contributed by atoms with Gasteiger partial charge in [0.05, 0.1) is 5.92 Å². The van der Waals surface area contributed by atoms with Gasteiger partial charge in [0.2, 0.25) is 0 Å². The van der Waals surface area contributed by atoms with Crippen LogP contribution in [0.3, 0.4) is 0 Å². The fourth-order valence-corrected chi connectivity index (χ4v) is 3.09. The lowest BCUT2D eigenvalue weighted by Crippen LogP contribution is -2.40. The molecule has 1 aliphatic rings. The third-order valence-corrected chi connectivity index (χ3v) is 4.32. The second-order valence-corrected chi connectivity index (χ2v) is 6.02. The van der Waals surface area contributed by atoms with Crippen LogP contribution in [0.1, 0.15) is 44.0 Å². The molecular weight excluding hydrogens is 236 g/mol. The molecule has 0 amide bonds. The predicted octanol–water partition coefficient (Wildman–Crippen LogP) is 3.76. The molecule has 102 valence electrons. The molecule has 2 nitrogen and oxygen atoms in total. The normalized spacial score (nSPS) is 27.6. The van der Waals surface area contributed by atoms with E-state index in [2.05, 4.69) is 13.8 Å². The van der Waals surface area contributed by atoms with Gasteiger partial charge in [-0.3, -0.25) is 9.59 Å². The van der Waals surface area contributed by atoms with Crippen molar-refractivity contribution < 1.29 is 9.59 Å². The number of carbonyl (C=O) groups is 2. The third kappa shape index (κ3) is 2.78. The Labute approximate surface area is 115 Å². The summed E-state index contributed by atoms with van der Waals surface area (Å²) in [7, 11) is 0. The van der Waals surface area contributed by atoms with Crippen LogP contribution in [0.5, 0.6) is 0 Å². The first kappa shape index (κ1) is 14.0. The molecule has 3 atom stereocenters. The Morgan fingerprint density at radius 2 is 1.79 bits per heavy atom. The van der Waals surface area contributed by atoms with Crippen molar-refractivity contribution in [2.75, 3.05) is 0 Å². The van der Waals surface area contributed by atoms with Crippen molar-refractivity contribution in [3.8, 4) is 0 Å². The molecule has 0 unspecified atom stereocenters. The van der Waals surface area contributed by atoms with Crippen molar-refractivity contribution in [1.29, 1.82) is 0 Å². The van der Waals surface area contributed by atoms with Crippen LogP contribution in [-0.4, -0.2) is 11.6 Å². The highest BCUT2D eigenvalue weighted by Gasteiger charge is 2.41. The Hall–Kier alpha value is -1.44. The van der Waals surface area contributed by atoms with Crippen molar-refractivity contribution in [2.24, 2.45) is 23.7 Å². The monoisotopic (exact) mass is 258 g/mol. The van der Waals surface area contributed by atoms with Crippen molar-refractivity contribution in [2.45, 2.75) is 33.6 Å². The van der Waals surface area contributed by atoms with Gasteiger partial charge in [-0.2, -0.15) is 0 Å². The Kier molecular flexibility index (Phi) is 4.18. The van der Waals surface area contributed by atoms with Gasteiger partial charge in [-0.05, 0) is 24.7 Å². The van der Waals surface area contributed by atoms with Crippen LogP contribution in [0, 0.1) is 23.7 Å². The summed E-state index contributed by atoms with van der Waals surface area (Å²) in [5.74, 6) is 0.254. The second-order valence-electron chi connectivity index (χ2n) is 6.02. The highest BCUT2D eigenvalue weighted by molar-refractivity contribution is 6.11. The van der Waals surface area contributed by atoms with E-state index >= 15 is 0 Å². The van der Waals surface area contributed by atoms with Crippen molar-refractivity contribution in [3.05, 3.63) is 35.9 Å². The van der Waals surface area contributed by atoms with Crippen LogP contribution < -0.4 is 0 Å². The molecular formula is C17H22O2. The van der Waals surface area contributed by atoms with Gasteiger partial charge in [0.15, 0.2) is 5.78 Å². The molecule has 1 fully saturated rings. The van der Waals surface area contributed by atoms with Gasteiger partial charge >= 0.3 is 0 Å². The fourth-order valence-electron chi connectivity index (χ4n) is 3.09. The van der Waals surface area contributed by atoms with Gasteiger partial charge in [-0.1, -0.05) is 51.1 Å². The largest absolute Gasteiger partial charge is 0.299 e. The van der Waals surface area contributed by atoms with E-state index in [1.165, 1.54) is 0 Å². The number of ketones is 2. The fraction of sp³-hybridized carbons (Fsp3) is 0.529. The summed E-state index contributed by atoms with van der Waals surface area (Å²) >= 11 is 0. The Morgan fingerprint density at radius 1 is 1.16 bits per heavy atom. The smallest absolute Gasteiger partial charge is 0.173 e. The summed E-state index contributed by atoms with van der Waals surface area (Å²) in [5.41, 5.74) is 0.664. The molecule has 1 aromatic rings. The average Bonchev–Trinajstić information content (AvgIpc) is 2.39. The maximum absolute atomic E-state index is 12.6. The summed E-state index contributed by atoms with van der Waals surface area (Å²) in [6.45, 7) is 6.17. The molecule has 1 saturated carbocycles. The maximum atomic E-state index is 12.6. The number of Topliss-reactive ketones (excluding diaryl/α,β-unsaturated/α-hetero) is 2. The first-order chi connectivity index (χ1) is 9.02. The van der Waals surface area contributed by atoms with Gasteiger partial charge in [0, 0.05) is 11.5 Å². The molecule has 0 N–H and O–H groups in total. The lowest BCUT2D eigenvalue weighted by atomic mass is 9.68. The SMILES string of the molecule is CC(C)[C@@H]1CC[C@@H](C)[C@H](C(=O)c2ccccc2)C1=O. The number of hydrogen-bond acceptors (Lipinski definition) is 2. The molecule has 0 heterocycles. The second kappa shape index (κ2) is 5.68. The molecule has 2 rings (SSSR count). The summed E-state index contributed by atoms with van der Waals surface area (Å²) < 4.78 is 0. The zero-order chi connectivity index (χ0) is 14.0. The van der Waals surface area contributed by atoms with Gasteiger partial charge < -0.3 is 0 Å². The van der Waals surface area contributed by atoms with Crippen LogP contribution >= 0.6 is 0 Å². The van der Waals surface area contributed by atoms with Crippen molar-refractivity contribution in [3.63, 3.8) is 0 Å². The van der Waals surface area contributed by atoms with Crippen LogP contribution in [-0.2, 0) is 4.79 Å². The molecule has 0 saturated heterocycles. The molecule has 2 heteroatoms. The summed E-state index contributed by atoms with van der Waals surface area (Å²) in [4.78, 5) is 25.1. The molecule has 1 aliphatic carbocycles. The predicted molar refractivity (Wildman–Crippen MR) is 76.0 cm³/mol. The molecule has 1 aromatic carbocycles. The van der Waals surface area contributed by atoms with Gasteiger partial charge in [-0.15, -0.1) is 0 Å². The minimum Gasteiger partial charge on any atom is -0.299 e. The zero-order valence-corrected chi connectivity index (χ0v) is 11.9. The number of hydrogen-bond donors (Lipinski definition) is 0. The van der Waals surface area contributed by atoms with Crippen LogP contribution in [0.2, 0.25) is 0 Å². The summed E-state index contributed by atoms with van der Waals surface area (Å²) in [6.07, 6.45) is 1.90. The first-order valence-electron chi connectivity index (χ1n) is 7.15. The highest BCUT2D eigenvalue weighted by atomic mass is 16.2. The van der Waals surface area contributed by atoms with E-state index in [1.807, 2.05) is 25.1 Å². The van der Waals surface area contributed by atoms with E-state index < -0.39 is 5.92 Å². The molecule has 0 spiro atoms. The lowest BCUT2D eigenvalue weighted by molar-refractivity contribution is -0.130. The first-order valence-corrected chi connectivity index (χ1v) is 7.15. The van der Waals surface area contributed by atoms with Crippen LogP contribution in [0.4, 0.5) is 0 Å². The zero-order valence-electron chi connectivity index (χ0n) is 11.9.